The number of hydrogen-bond donors (Lipinski definition) is 3. The SMILES string of the molecule is Nc1ccc(N(CCO)CCO)c(-c2ccc(C=O)cc2)c1. The van der Waals surface area contributed by atoms with Gasteiger partial charge in [-0.1, -0.05) is 24.3 Å². The van der Waals surface area contributed by atoms with E-state index < -0.39 is 0 Å². The predicted octanol–water partition coefficient (Wildman–Crippen LogP) is 1.54. The summed E-state index contributed by atoms with van der Waals surface area (Å²) in [5.41, 5.74) is 9.85. The van der Waals surface area contributed by atoms with Crippen molar-refractivity contribution in [1.29, 1.82) is 0 Å². The molecule has 0 amide bonds. The lowest BCUT2D eigenvalue weighted by molar-refractivity contribution is 0.112. The van der Waals surface area contributed by atoms with Gasteiger partial charge in [0, 0.05) is 35.6 Å². The van der Waals surface area contributed by atoms with E-state index in [0.29, 0.717) is 24.3 Å². The molecule has 0 aliphatic carbocycles. The Hall–Kier alpha value is -2.37. The number of nitrogen functional groups attached to an aromatic ring is 1. The number of aldehydes is 1. The van der Waals surface area contributed by atoms with Crippen molar-refractivity contribution in [3.8, 4) is 11.1 Å². The van der Waals surface area contributed by atoms with Crippen LogP contribution in [0.2, 0.25) is 0 Å². The molecular weight excluding hydrogens is 280 g/mol. The summed E-state index contributed by atoms with van der Waals surface area (Å²) in [4.78, 5) is 12.7. The van der Waals surface area contributed by atoms with E-state index in [4.69, 9.17) is 5.73 Å². The van der Waals surface area contributed by atoms with E-state index in [1.54, 1.807) is 18.2 Å². The van der Waals surface area contributed by atoms with Crippen LogP contribution in [0.3, 0.4) is 0 Å². The minimum atomic E-state index is -0.00606. The second kappa shape index (κ2) is 7.59. The Morgan fingerprint density at radius 3 is 2.18 bits per heavy atom. The van der Waals surface area contributed by atoms with Crippen LogP contribution in [0, 0.1) is 0 Å². The number of nitrogens with two attached hydrogens (primary N) is 1. The number of hydrogen-bond acceptors (Lipinski definition) is 5. The summed E-state index contributed by atoms with van der Waals surface area (Å²) in [6.07, 6.45) is 0.799. The molecule has 5 nitrogen and oxygen atoms in total. The molecule has 0 atom stereocenters. The third kappa shape index (κ3) is 3.63. The van der Waals surface area contributed by atoms with E-state index in [1.807, 2.05) is 29.2 Å². The summed E-state index contributed by atoms with van der Waals surface area (Å²) >= 11 is 0. The van der Waals surface area contributed by atoms with E-state index in [1.165, 1.54) is 0 Å². The second-order valence-electron chi connectivity index (χ2n) is 4.95. The molecule has 0 aromatic heterocycles. The van der Waals surface area contributed by atoms with Gasteiger partial charge in [0.25, 0.3) is 0 Å². The molecule has 2 rings (SSSR count). The second-order valence-corrected chi connectivity index (χ2v) is 4.95. The van der Waals surface area contributed by atoms with E-state index in [0.717, 1.165) is 23.1 Å². The lowest BCUT2D eigenvalue weighted by Gasteiger charge is -2.26. The number of rotatable bonds is 7. The maximum atomic E-state index is 10.8. The molecule has 2 aromatic rings. The monoisotopic (exact) mass is 300 g/mol. The normalized spacial score (nSPS) is 10.5. The van der Waals surface area contributed by atoms with Crippen molar-refractivity contribution in [3.05, 3.63) is 48.0 Å². The number of aliphatic hydroxyl groups is 2. The fraction of sp³-hybridized carbons (Fsp3) is 0.235. The average molecular weight is 300 g/mol. The minimum Gasteiger partial charge on any atom is -0.399 e. The molecule has 0 unspecified atom stereocenters. The van der Waals surface area contributed by atoms with E-state index in [9.17, 15) is 15.0 Å². The molecule has 116 valence electrons. The zero-order valence-electron chi connectivity index (χ0n) is 12.3. The number of carbonyl (C=O) groups excluding carboxylic acids is 1. The number of nitrogens with zero attached hydrogens (tertiary/aromatic N) is 1. The summed E-state index contributed by atoms with van der Waals surface area (Å²) in [7, 11) is 0. The molecule has 2 aromatic carbocycles. The van der Waals surface area contributed by atoms with Crippen LogP contribution in [0.1, 0.15) is 10.4 Å². The first-order valence-electron chi connectivity index (χ1n) is 7.11. The van der Waals surface area contributed by atoms with Crippen LogP contribution in [-0.2, 0) is 0 Å². The van der Waals surface area contributed by atoms with Gasteiger partial charge < -0.3 is 20.8 Å². The molecule has 0 bridgehead atoms. The van der Waals surface area contributed by atoms with Crippen LogP contribution in [0.4, 0.5) is 11.4 Å². The van der Waals surface area contributed by atoms with Gasteiger partial charge in [-0.3, -0.25) is 4.79 Å². The molecule has 4 N–H and O–H groups in total. The van der Waals surface area contributed by atoms with Gasteiger partial charge in [-0.25, -0.2) is 0 Å². The number of aliphatic hydroxyl groups excluding tert-OH is 2. The lowest BCUT2D eigenvalue weighted by Crippen LogP contribution is -2.30. The van der Waals surface area contributed by atoms with E-state index in [-0.39, 0.29) is 13.2 Å². The van der Waals surface area contributed by atoms with Gasteiger partial charge >= 0.3 is 0 Å². The summed E-state index contributed by atoms with van der Waals surface area (Å²) in [5, 5.41) is 18.4. The van der Waals surface area contributed by atoms with Gasteiger partial charge in [-0.2, -0.15) is 0 Å². The van der Waals surface area contributed by atoms with Crippen LogP contribution in [0.25, 0.3) is 11.1 Å². The fourth-order valence-electron chi connectivity index (χ4n) is 2.40. The molecule has 0 aliphatic heterocycles. The Morgan fingerprint density at radius 2 is 1.64 bits per heavy atom. The van der Waals surface area contributed by atoms with Gasteiger partial charge in [0.15, 0.2) is 0 Å². The Kier molecular flexibility index (Phi) is 5.52. The third-order valence-corrected chi connectivity index (χ3v) is 3.46. The molecule has 0 radical (unpaired) electrons. The van der Waals surface area contributed by atoms with Gasteiger partial charge in [-0.15, -0.1) is 0 Å². The van der Waals surface area contributed by atoms with Gasteiger partial charge in [0.1, 0.15) is 6.29 Å². The highest BCUT2D eigenvalue weighted by Gasteiger charge is 2.12. The van der Waals surface area contributed by atoms with Crippen LogP contribution < -0.4 is 10.6 Å². The van der Waals surface area contributed by atoms with Crippen LogP contribution in [0.15, 0.2) is 42.5 Å². The summed E-state index contributed by atoms with van der Waals surface area (Å²) in [6, 6.07) is 12.7. The maximum Gasteiger partial charge on any atom is 0.150 e. The molecular formula is C17H20N2O3. The van der Waals surface area contributed by atoms with Crippen molar-refractivity contribution in [2.75, 3.05) is 36.9 Å². The van der Waals surface area contributed by atoms with Crippen LogP contribution in [0.5, 0.6) is 0 Å². The van der Waals surface area contributed by atoms with Crippen LogP contribution >= 0.6 is 0 Å². The number of anilines is 2. The standard InChI is InChI=1S/C17H20N2O3/c18-15-5-6-17(19(7-9-20)8-10-21)16(11-15)14-3-1-13(12-22)2-4-14/h1-6,11-12,20-21H,7-10,18H2. The highest BCUT2D eigenvalue weighted by atomic mass is 16.3. The quantitative estimate of drug-likeness (QED) is 0.533. The zero-order chi connectivity index (χ0) is 15.9. The molecule has 0 fully saturated rings. The van der Waals surface area contributed by atoms with Crippen molar-refractivity contribution in [2.24, 2.45) is 0 Å². The number of benzene rings is 2. The minimum absolute atomic E-state index is 0.00606. The lowest BCUT2D eigenvalue weighted by atomic mass is 10.0. The first-order chi connectivity index (χ1) is 10.7. The molecule has 0 saturated carbocycles. The third-order valence-electron chi connectivity index (χ3n) is 3.46. The van der Waals surface area contributed by atoms with Crippen molar-refractivity contribution in [2.45, 2.75) is 0 Å². The Balaban J connectivity index is 2.47. The molecule has 5 heteroatoms. The van der Waals surface area contributed by atoms with Crippen molar-refractivity contribution < 1.29 is 15.0 Å². The van der Waals surface area contributed by atoms with Crippen LogP contribution in [-0.4, -0.2) is 42.8 Å². The highest BCUT2D eigenvalue weighted by molar-refractivity contribution is 5.83. The Morgan fingerprint density at radius 1 is 1.00 bits per heavy atom. The van der Waals surface area contributed by atoms with Gasteiger partial charge in [0.2, 0.25) is 0 Å². The zero-order valence-corrected chi connectivity index (χ0v) is 12.3. The van der Waals surface area contributed by atoms with E-state index >= 15 is 0 Å². The summed E-state index contributed by atoms with van der Waals surface area (Å²) in [5.74, 6) is 0. The first kappa shape index (κ1) is 16.0. The van der Waals surface area contributed by atoms with Crippen molar-refractivity contribution in [1.82, 2.24) is 0 Å². The molecule has 0 heterocycles. The fourth-order valence-corrected chi connectivity index (χ4v) is 2.40. The first-order valence-corrected chi connectivity index (χ1v) is 7.11. The van der Waals surface area contributed by atoms with E-state index in [2.05, 4.69) is 0 Å². The van der Waals surface area contributed by atoms with Crippen molar-refractivity contribution >= 4 is 17.7 Å². The predicted molar refractivity (Wildman–Crippen MR) is 88.1 cm³/mol. The molecule has 0 aliphatic rings. The molecule has 0 saturated heterocycles. The molecule has 0 spiro atoms. The largest absolute Gasteiger partial charge is 0.399 e. The smallest absolute Gasteiger partial charge is 0.150 e. The summed E-state index contributed by atoms with van der Waals surface area (Å²) in [6.45, 7) is 0.829. The van der Waals surface area contributed by atoms with Crippen molar-refractivity contribution in [3.63, 3.8) is 0 Å². The Bertz CT molecular complexity index is 620. The maximum absolute atomic E-state index is 10.8. The Labute approximate surface area is 129 Å². The highest BCUT2D eigenvalue weighted by Crippen LogP contribution is 2.32. The molecule has 22 heavy (non-hydrogen) atoms. The topological polar surface area (TPSA) is 86.8 Å². The van der Waals surface area contributed by atoms with Gasteiger partial charge in [-0.05, 0) is 23.8 Å². The number of carbonyl (C=O) groups is 1. The summed E-state index contributed by atoms with van der Waals surface area (Å²) < 4.78 is 0. The van der Waals surface area contributed by atoms with Gasteiger partial charge in [0.05, 0.1) is 13.2 Å². The average Bonchev–Trinajstić information content (AvgIpc) is 2.55.